The Morgan fingerprint density at radius 3 is 2.58 bits per heavy atom. The average molecular weight is 262 g/mol. The van der Waals surface area contributed by atoms with Gasteiger partial charge in [-0.05, 0) is 25.0 Å². The maximum atomic E-state index is 11.3. The van der Waals surface area contributed by atoms with Gasteiger partial charge < -0.3 is 15.7 Å². The number of amides is 2. The molecule has 0 atom stereocenters. The molecular formula is C14H18N2O3. The van der Waals surface area contributed by atoms with Crippen LogP contribution in [0.15, 0.2) is 30.5 Å². The Morgan fingerprint density at radius 2 is 1.95 bits per heavy atom. The molecule has 0 aliphatic rings. The first-order valence-electron chi connectivity index (χ1n) is 6.07. The van der Waals surface area contributed by atoms with Crippen LogP contribution in [0.1, 0.15) is 24.0 Å². The molecule has 5 nitrogen and oxygen atoms in total. The molecule has 0 spiro atoms. The number of hydrogen-bond acceptors (Lipinski definition) is 2. The Balaban J connectivity index is 2.22. The number of carbonyl (C=O) groups is 2. The molecule has 0 bridgehead atoms. The maximum Gasteiger partial charge on any atom is 0.318 e. The van der Waals surface area contributed by atoms with Crippen LogP contribution in [0.25, 0.3) is 6.08 Å². The van der Waals surface area contributed by atoms with Crippen molar-refractivity contribution in [3.63, 3.8) is 0 Å². The quantitative estimate of drug-likeness (QED) is 0.687. The van der Waals surface area contributed by atoms with E-state index in [4.69, 9.17) is 5.11 Å². The molecule has 0 saturated heterocycles. The average Bonchev–Trinajstić information content (AvgIpc) is 2.37. The van der Waals surface area contributed by atoms with E-state index in [1.165, 1.54) is 5.56 Å². The van der Waals surface area contributed by atoms with Crippen LogP contribution in [0.5, 0.6) is 0 Å². The number of benzene rings is 1. The zero-order valence-electron chi connectivity index (χ0n) is 10.8. The number of carboxylic acid groups (broad SMARTS) is 1. The minimum absolute atomic E-state index is 0.0550. The molecule has 0 aliphatic heterocycles. The van der Waals surface area contributed by atoms with Gasteiger partial charge in [0.05, 0.1) is 0 Å². The van der Waals surface area contributed by atoms with Crippen molar-refractivity contribution in [2.24, 2.45) is 0 Å². The van der Waals surface area contributed by atoms with Crippen LogP contribution in [-0.2, 0) is 4.79 Å². The van der Waals surface area contributed by atoms with Crippen LogP contribution in [0.4, 0.5) is 4.79 Å². The summed E-state index contributed by atoms with van der Waals surface area (Å²) in [5, 5.41) is 13.6. The standard InChI is InChI=1S/C14H18N2O3/c1-11-4-6-12(7-5-11)8-10-16-14(19)15-9-2-3-13(17)18/h4-8,10H,2-3,9H2,1H3,(H,17,18)(H2,15,16,19)/b10-8+. The van der Waals surface area contributed by atoms with Crippen molar-refractivity contribution >= 4 is 18.1 Å². The Hall–Kier alpha value is -2.30. The first-order valence-corrected chi connectivity index (χ1v) is 6.07. The second-order valence-corrected chi connectivity index (χ2v) is 4.14. The van der Waals surface area contributed by atoms with E-state index in [0.29, 0.717) is 13.0 Å². The van der Waals surface area contributed by atoms with Gasteiger partial charge in [0.15, 0.2) is 0 Å². The van der Waals surface area contributed by atoms with E-state index in [-0.39, 0.29) is 12.5 Å². The molecule has 0 heterocycles. The fourth-order valence-corrected chi connectivity index (χ4v) is 1.38. The first-order chi connectivity index (χ1) is 9.08. The first kappa shape index (κ1) is 14.8. The number of aryl methyl sites for hydroxylation is 1. The molecule has 0 aliphatic carbocycles. The molecule has 0 saturated carbocycles. The largest absolute Gasteiger partial charge is 0.481 e. The number of rotatable bonds is 6. The summed E-state index contributed by atoms with van der Waals surface area (Å²) >= 11 is 0. The molecule has 2 amide bonds. The number of hydrogen-bond donors (Lipinski definition) is 3. The lowest BCUT2D eigenvalue weighted by Crippen LogP contribution is -2.32. The number of aliphatic carboxylic acids is 1. The van der Waals surface area contributed by atoms with Crippen LogP contribution in [-0.4, -0.2) is 23.7 Å². The molecule has 0 unspecified atom stereocenters. The summed E-state index contributed by atoms with van der Waals surface area (Å²) in [5.74, 6) is -0.860. The van der Waals surface area contributed by atoms with Crippen molar-refractivity contribution < 1.29 is 14.7 Å². The SMILES string of the molecule is Cc1ccc(/C=C/NC(=O)NCCCC(=O)O)cc1. The molecule has 0 radical (unpaired) electrons. The summed E-state index contributed by atoms with van der Waals surface area (Å²) in [7, 11) is 0. The van der Waals surface area contributed by atoms with Gasteiger partial charge in [0.1, 0.15) is 0 Å². The minimum atomic E-state index is -0.860. The molecule has 1 rings (SSSR count). The lowest BCUT2D eigenvalue weighted by molar-refractivity contribution is -0.137. The van der Waals surface area contributed by atoms with Crippen LogP contribution >= 0.6 is 0 Å². The summed E-state index contributed by atoms with van der Waals surface area (Å²) in [6, 6.07) is 7.56. The Labute approximate surface area is 112 Å². The monoisotopic (exact) mass is 262 g/mol. The van der Waals surface area contributed by atoms with E-state index in [0.717, 1.165) is 5.56 Å². The van der Waals surface area contributed by atoms with Gasteiger partial charge >= 0.3 is 12.0 Å². The van der Waals surface area contributed by atoms with Crippen LogP contribution in [0.2, 0.25) is 0 Å². The molecule has 1 aromatic carbocycles. The Bertz CT molecular complexity index is 452. The second kappa shape index (κ2) is 7.92. The summed E-state index contributed by atoms with van der Waals surface area (Å²) in [5.41, 5.74) is 2.18. The molecule has 1 aromatic rings. The van der Waals surface area contributed by atoms with Gasteiger partial charge in [0.2, 0.25) is 0 Å². The lowest BCUT2D eigenvalue weighted by Gasteiger charge is -2.03. The van der Waals surface area contributed by atoms with E-state index in [2.05, 4.69) is 10.6 Å². The van der Waals surface area contributed by atoms with Crippen molar-refractivity contribution in [1.82, 2.24) is 10.6 Å². The van der Waals surface area contributed by atoms with Gasteiger partial charge in [0, 0.05) is 19.2 Å². The number of carboxylic acids is 1. The molecule has 3 N–H and O–H groups in total. The predicted molar refractivity (Wildman–Crippen MR) is 73.6 cm³/mol. The lowest BCUT2D eigenvalue weighted by atomic mass is 10.1. The fraction of sp³-hybridized carbons (Fsp3) is 0.286. The van der Waals surface area contributed by atoms with Crippen molar-refractivity contribution in [2.45, 2.75) is 19.8 Å². The predicted octanol–water partition coefficient (Wildman–Crippen LogP) is 2.13. The summed E-state index contributed by atoms with van der Waals surface area (Å²) in [6.07, 6.45) is 3.82. The topological polar surface area (TPSA) is 78.4 Å². The summed E-state index contributed by atoms with van der Waals surface area (Å²) in [4.78, 5) is 21.6. The third-order valence-corrected chi connectivity index (χ3v) is 2.42. The number of nitrogens with one attached hydrogen (secondary N) is 2. The highest BCUT2D eigenvalue weighted by Crippen LogP contribution is 2.03. The van der Waals surface area contributed by atoms with Crippen LogP contribution < -0.4 is 10.6 Å². The van der Waals surface area contributed by atoms with Crippen molar-refractivity contribution in [1.29, 1.82) is 0 Å². The molecule has 5 heteroatoms. The van der Waals surface area contributed by atoms with Gasteiger partial charge in [-0.15, -0.1) is 0 Å². The zero-order valence-corrected chi connectivity index (χ0v) is 10.8. The highest BCUT2D eigenvalue weighted by atomic mass is 16.4. The van der Waals surface area contributed by atoms with Gasteiger partial charge in [-0.2, -0.15) is 0 Å². The number of carbonyl (C=O) groups excluding carboxylic acids is 1. The van der Waals surface area contributed by atoms with Gasteiger partial charge in [-0.1, -0.05) is 29.8 Å². The van der Waals surface area contributed by atoms with Crippen LogP contribution in [0.3, 0.4) is 0 Å². The van der Waals surface area contributed by atoms with Crippen molar-refractivity contribution in [3.8, 4) is 0 Å². The van der Waals surface area contributed by atoms with Crippen molar-refractivity contribution in [3.05, 3.63) is 41.6 Å². The van der Waals surface area contributed by atoms with E-state index in [9.17, 15) is 9.59 Å². The summed E-state index contributed by atoms with van der Waals surface area (Å²) < 4.78 is 0. The van der Waals surface area contributed by atoms with E-state index in [1.54, 1.807) is 12.3 Å². The highest BCUT2D eigenvalue weighted by Gasteiger charge is 1.98. The van der Waals surface area contributed by atoms with E-state index in [1.807, 2.05) is 31.2 Å². The molecule has 19 heavy (non-hydrogen) atoms. The van der Waals surface area contributed by atoms with Gasteiger partial charge in [-0.25, -0.2) is 4.79 Å². The Morgan fingerprint density at radius 1 is 1.26 bits per heavy atom. The highest BCUT2D eigenvalue weighted by molar-refractivity contribution is 5.76. The molecule has 0 aromatic heterocycles. The van der Waals surface area contributed by atoms with E-state index < -0.39 is 5.97 Å². The van der Waals surface area contributed by atoms with Gasteiger partial charge in [-0.3, -0.25) is 4.79 Å². The molecular weight excluding hydrogens is 244 g/mol. The summed E-state index contributed by atoms with van der Waals surface area (Å²) in [6.45, 7) is 2.35. The van der Waals surface area contributed by atoms with Gasteiger partial charge in [0.25, 0.3) is 0 Å². The smallest absolute Gasteiger partial charge is 0.318 e. The third-order valence-electron chi connectivity index (χ3n) is 2.42. The molecule has 0 fully saturated rings. The molecule has 102 valence electrons. The maximum absolute atomic E-state index is 11.3. The van der Waals surface area contributed by atoms with E-state index >= 15 is 0 Å². The minimum Gasteiger partial charge on any atom is -0.481 e. The normalized spacial score (nSPS) is 10.4. The number of urea groups is 1. The second-order valence-electron chi connectivity index (χ2n) is 4.14. The van der Waals surface area contributed by atoms with Crippen molar-refractivity contribution in [2.75, 3.05) is 6.54 Å². The fourth-order valence-electron chi connectivity index (χ4n) is 1.38. The Kier molecular flexibility index (Phi) is 6.15. The zero-order chi connectivity index (χ0) is 14.1. The third kappa shape index (κ3) is 6.88. The van der Waals surface area contributed by atoms with Crippen LogP contribution in [0, 0.1) is 6.92 Å².